The normalized spacial score (nSPS) is 14.5. The Morgan fingerprint density at radius 2 is 1.88 bits per heavy atom. The van der Waals surface area contributed by atoms with E-state index in [1.165, 1.54) is 17.0 Å². The zero-order valence-corrected chi connectivity index (χ0v) is 17.6. The van der Waals surface area contributed by atoms with Crippen molar-refractivity contribution in [1.82, 2.24) is 15.0 Å². The van der Waals surface area contributed by atoms with Crippen LogP contribution in [0.15, 0.2) is 36.5 Å². The van der Waals surface area contributed by atoms with Gasteiger partial charge in [-0.05, 0) is 37.5 Å². The topological polar surface area (TPSA) is 108 Å². The number of aromatic nitrogens is 3. The number of sulfonamides is 1. The highest BCUT2D eigenvalue weighted by atomic mass is 32.2. The van der Waals surface area contributed by atoms with Gasteiger partial charge in [0.05, 0.1) is 11.4 Å². The van der Waals surface area contributed by atoms with E-state index in [1.54, 1.807) is 24.4 Å². The van der Waals surface area contributed by atoms with Crippen LogP contribution in [0.5, 0.6) is 0 Å². The van der Waals surface area contributed by atoms with Gasteiger partial charge in [-0.1, -0.05) is 12.1 Å². The average Bonchev–Trinajstić information content (AvgIpc) is 3.43. The molecule has 0 radical (unpaired) electrons. The third kappa shape index (κ3) is 5.18. The Bertz CT molecular complexity index is 1220. The van der Waals surface area contributed by atoms with Gasteiger partial charge >= 0.3 is 6.18 Å². The van der Waals surface area contributed by atoms with Gasteiger partial charge in [0.1, 0.15) is 5.65 Å². The van der Waals surface area contributed by atoms with Crippen LogP contribution < -0.4 is 9.62 Å². The van der Waals surface area contributed by atoms with Crippen molar-refractivity contribution in [1.29, 1.82) is 0 Å². The maximum absolute atomic E-state index is 12.2. The number of hydrogen-bond donors (Lipinski definition) is 2. The molecule has 1 aliphatic rings. The second kappa shape index (κ2) is 8.41. The van der Waals surface area contributed by atoms with E-state index in [2.05, 4.69) is 19.7 Å². The summed E-state index contributed by atoms with van der Waals surface area (Å²) < 4.78 is 63.2. The number of halogens is 3. The highest BCUT2D eigenvalue weighted by Crippen LogP contribution is 2.33. The molecule has 0 aliphatic heterocycles. The summed E-state index contributed by atoms with van der Waals surface area (Å²) in [6.45, 7) is 0. The van der Waals surface area contributed by atoms with E-state index >= 15 is 0 Å². The average molecular weight is 467 g/mol. The molecular formula is C20H20F3N5O3S. The van der Waals surface area contributed by atoms with Crippen LogP contribution in [0.4, 0.5) is 24.8 Å². The molecule has 170 valence electrons. The molecule has 0 unspecified atom stereocenters. The number of benzene rings is 1. The minimum atomic E-state index is -4.39. The monoisotopic (exact) mass is 467 g/mol. The van der Waals surface area contributed by atoms with E-state index in [1.807, 2.05) is 0 Å². The lowest BCUT2D eigenvalue weighted by Crippen LogP contribution is -2.25. The van der Waals surface area contributed by atoms with Gasteiger partial charge < -0.3 is 4.98 Å². The summed E-state index contributed by atoms with van der Waals surface area (Å²) in [7, 11) is -3.91. The number of rotatable bonds is 9. The fraction of sp³-hybridized carbons (Fsp3) is 0.350. The first-order valence-electron chi connectivity index (χ1n) is 9.92. The molecule has 0 atom stereocenters. The highest BCUT2D eigenvalue weighted by Gasteiger charge is 2.31. The van der Waals surface area contributed by atoms with Gasteiger partial charge in [0, 0.05) is 35.3 Å². The lowest BCUT2D eigenvalue weighted by atomic mass is 10.1. The molecule has 0 bridgehead atoms. The van der Waals surface area contributed by atoms with Crippen molar-refractivity contribution in [3.8, 4) is 11.3 Å². The van der Waals surface area contributed by atoms with Crippen LogP contribution in [0.1, 0.15) is 25.7 Å². The standard InChI is InChI=1S/C20H20F3N5O3S/c21-20(22,23)9-1-11-32(30,31)27-14-4-2-13(3-5-14)17-16-8-10-24-18(16)26-19(25-17)28(12-29)15-6-7-15/h2-5,8,10,12,15,27H,1,6-7,9,11H2,(H,24,25,26). The Hall–Kier alpha value is -3.15. The fourth-order valence-electron chi connectivity index (χ4n) is 3.30. The molecular weight excluding hydrogens is 447 g/mol. The number of nitrogens with zero attached hydrogens (tertiary/aromatic N) is 3. The van der Waals surface area contributed by atoms with Crippen LogP contribution in [-0.4, -0.2) is 47.8 Å². The maximum Gasteiger partial charge on any atom is 0.389 e. The first kappa shape index (κ1) is 22.1. The Labute approximate surface area is 181 Å². The lowest BCUT2D eigenvalue weighted by molar-refractivity contribution is -0.134. The van der Waals surface area contributed by atoms with Crippen LogP contribution in [0, 0.1) is 0 Å². The molecule has 3 aromatic rings. The lowest BCUT2D eigenvalue weighted by Gasteiger charge is -2.16. The molecule has 8 nitrogen and oxygen atoms in total. The summed E-state index contributed by atoms with van der Waals surface area (Å²) in [5.41, 5.74) is 2.03. The third-order valence-corrected chi connectivity index (χ3v) is 6.37. The minimum Gasteiger partial charge on any atom is -0.346 e. The van der Waals surface area contributed by atoms with E-state index < -0.39 is 34.8 Å². The number of nitrogens with one attached hydrogen (secondary N) is 2. The van der Waals surface area contributed by atoms with Gasteiger partial charge in [-0.3, -0.25) is 14.4 Å². The van der Waals surface area contributed by atoms with E-state index in [4.69, 9.17) is 0 Å². The number of H-pyrrole nitrogens is 1. The van der Waals surface area contributed by atoms with E-state index in [0.717, 1.165) is 18.2 Å². The van der Waals surface area contributed by atoms with Gasteiger partial charge in [-0.25, -0.2) is 13.4 Å². The fourth-order valence-corrected chi connectivity index (χ4v) is 4.43. The quantitative estimate of drug-likeness (QED) is 0.465. The van der Waals surface area contributed by atoms with Crippen molar-refractivity contribution < 1.29 is 26.4 Å². The molecule has 12 heteroatoms. The second-order valence-corrected chi connectivity index (χ2v) is 9.41. The van der Waals surface area contributed by atoms with Gasteiger partial charge in [0.15, 0.2) is 0 Å². The Morgan fingerprint density at radius 1 is 1.16 bits per heavy atom. The number of carbonyl (C=O) groups excluding carboxylic acids is 1. The first-order chi connectivity index (χ1) is 15.1. The number of amides is 1. The molecule has 0 saturated heterocycles. The molecule has 1 aromatic carbocycles. The number of carbonyl (C=O) groups is 1. The summed E-state index contributed by atoms with van der Waals surface area (Å²) >= 11 is 0. The molecule has 2 N–H and O–H groups in total. The Kier molecular flexibility index (Phi) is 5.80. The summed E-state index contributed by atoms with van der Waals surface area (Å²) in [4.78, 5) is 25.0. The first-order valence-corrected chi connectivity index (χ1v) is 11.6. The molecule has 1 fully saturated rings. The molecule has 2 heterocycles. The number of anilines is 2. The molecule has 1 aliphatic carbocycles. The third-order valence-electron chi connectivity index (χ3n) is 4.99. The largest absolute Gasteiger partial charge is 0.389 e. The van der Waals surface area contributed by atoms with Crippen LogP contribution in [0.2, 0.25) is 0 Å². The number of alkyl halides is 3. The van der Waals surface area contributed by atoms with Crippen molar-refractivity contribution in [2.45, 2.75) is 37.9 Å². The Balaban J connectivity index is 1.55. The maximum atomic E-state index is 12.2. The molecule has 0 spiro atoms. The minimum absolute atomic E-state index is 0.0851. The van der Waals surface area contributed by atoms with Crippen molar-refractivity contribution in [2.24, 2.45) is 0 Å². The van der Waals surface area contributed by atoms with E-state index in [0.29, 0.717) is 23.3 Å². The van der Waals surface area contributed by atoms with E-state index in [9.17, 15) is 26.4 Å². The number of aromatic amines is 1. The summed E-state index contributed by atoms with van der Waals surface area (Å²) in [6, 6.07) is 8.20. The second-order valence-electron chi connectivity index (χ2n) is 7.57. The summed E-state index contributed by atoms with van der Waals surface area (Å²) in [6.07, 6.45) is -1.87. The molecule has 32 heavy (non-hydrogen) atoms. The smallest absolute Gasteiger partial charge is 0.346 e. The van der Waals surface area contributed by atoms with Crippen LogP contribution in [-0.2, 0) is 14.8 Å². The zero-order chi connectivity index (χ0) is 22.9. The number of fused-ring (bicyclic) bond motifs is 1. The van der Waals surface area contributed by atoms with Crippen LogP contribution >= 0.6 is 0 Å². The van der Waals surface area contributed by atoms with Crippen LogP contribution in [0.25, 0.3) is 22.3 Å². The van der Waals surface area contributed by atoms with Crippen molar-refractivity contribution in [2.75, 3.05) is 15.4 Å². The highest BCUT2D eigenvalue weighted by molar-refractivity contribution is 7.92. The molecule has 1 amide bonds. The van der Waals surface area contributed by atoms with Crippen molar-refractivity contribution >= 4 is 39.1 Å². The van der Waals surface area contributed by atoms with Crippen molar-refractivity contribution in [3.05, 3.63) is 36.5 Å². The number of hydrogen-bond acceptors (Lipinski definition) is 5. The summed E-state index contributed by atoms with van der Waals surface area (Å²) in [5.74, 6) is -0.349. The zero-order valence-electron chi connectivity index (χ0n) is 16.8. The van der Waals surface area contributed by atoms with Gasteiger partial charge in [-0.2, -0.15) is 18.2 Å². The predicted molar refractivity (Wildman–Crippen MR) is 114 cm³/mol. The molecule has 2 aromatic heterocycles. The van der Waals surface area contributed by atoms with Gasteiger partial charge in [0.2, 0.25) is 22.4 Å². The SMILES string of the molecule is O=CN(c1nc(-c2ccc(NS(=O)(=O)CCCC(F)(F)F)cc2)c2cc[nH]c2n1)C1CC1. The molecule has 4 rings (SSSR count). The van der Waals surface area contributed by atoms with Gasteiger partial charge in [0.25, 0.3) is 0 Å². The van der Waals surface area contributed by atoms with Gasteiger partial charge in [-0.15, -0.1) is 0 Å². The Morgan fingerprint density at radius 3 is 2.50 bits per heavy atom. The molecule has 1 saturated carbocycles. The van der Waals surface area contributed by atoms with Crippen LogP contribution in [0.3, 0.4) is 0 Å². The predicted octanol–water partition coefficient (Wildman–Crippen LogP) is 3.83. The van der Waals surface area contributed by atoms with Crippen molar-refractivity contribution in [3.63, 3.8) is 0 Å². The summed E-state index contributed by atoms with van der Waals surface area (Å²) in [5, 5.41) is 0.732. The van der Waals surface area contributed by atoms with E-state index in [-0.39, 0.29) is 17.7 Å².